The summed E-state index contributed by atoms with van der Waals surface area (Å²) in [5.41, 5.74) is 4.14. The lowest BCUT2D eigenvalue weighted by Crippen LogP contribution is -2.48. The first-order valence-corrected chi connectivity index (χ1v) is 14.4. The third-order valence-electron chi connectivity index (χ3n) is 8.21. The fourth-order valence-corrected chi connectivity index (χ4v) is 5.99. The van der Waals surface area contributed by atoms with E-state index in [4.69, 9.17) is 5.10 Å². The number of rotatable bonds is 7. The first-order valence-electron chi connectivity index (χ1n) is 14.4. The fraction of sp³-hybridized carbons (Fsp3) is 0.375. The Bertz CT molecular complexity index is 1450. The second-order valence-corrected chi connectivity index (χ2v) is 10.9. The number of hydrogen-bond acceptors (Lipinski definition) is 5. The van der Waals surface area contributed by atoms with Gasteiger partial charge in [-0.3, -0.25) is 14.6 Å². The van der Waals surface area contributed by atoms with Crippen LogP contribution in [0.5, 0.6) is 0 Å². The van der Waals surface area contributed by atoms with Gasteiger partial charge in [0, 0.05) is 43.5 Å². The highest BCUT2D eigenvalue weighted by Gasteiger charge is 2.30. The second kappa shape index (κ2) is 12.0. The highest BCUT2D eigenvalue weighted by molar-refractivity contribution is 6.05. The number of nitrogens with one attached hydrogen (secondary N) is 1. The van der Waals surface area contributed by atoms with Gasteiger partial charge in [0.1, 0.15) is 0 Å². The van der Waals surface area contributed by atoms with Crippen molar-refractivity contribution in [1.82, 2.24) is 29.9 Å². The van der Waals surface area contributed by atoms with E-state index in [0.717, 1.165) is 53.6 Å². The number of carbonyl (C=O) groups is 2. The van der Waals surface area contributed by atoms with E-state index < -0.39 is 0 Å². The van der Waals surface area contributed by atoms with Gasteiger partial charge in [-0.2, -0.15) is 5.10 Å². The molecule has 4 aromatic rings. The van der Waals surface area contributed by atoms with E-state index in [1.165, 1.54) is 32.4 Å². The first kappa shape index (κ1) is 26.2. The van der Waals surface area contributed by atoms with E-state index in [1.807, 2.05) is 70.2 Å². The average molecular weight is 537 g/mol. The number of carbonyl (C=O) groups excluding carboxylic acids is 2. The van der Waals surface area contributed by atoms with Crippen LogP contribution in [0.2, 0.25) is 0 Å². The SMILES string of the molecule is O=C(Cc1ccc(-n2nc(C(=O)N3CCC(N4CCCCC4)CC3)c3ccccc32)cc1)NCc1cccnc1. The maximum atomic E-state index is 13.7. The molecular formula is C32H36N6O2. The summed E-state index contributed by atoms with van der Waals surface area (Å²) in [6, 6.07) is 20.1. The van der Waals surface area contributed by atoms with Crippen LogP contribution in [0.15, 0.2) is 73.1 Å². The molecule has 4 heterocycles. The Morgan fingerprint density at radius 2 is 1.62 bits per heavy atom. The standard InChI is InChI=1S/C32H36N6O2/c39-30(34-23-25-7-6-16-33-22-25)21-24-10-12-27(13-11-24)38-29-9-3-2-8-28(29)31(35-38)32(40)37-19-14-26(15-20-37)36-17-4-1-5-18-36/h2-3,6-13,16,22,26H,1,4-5,14-15,17-21,23H2,(H,34,39). The predicted molar refractivity (Wildman–Crippen MR) is 155 cm³/mol. The smallest absolute Gasteiger partial charge is 0.275 e. The molecule has 2 aliphatic rings. The van der Waals surface area contributed by atoms with Crippen molar-refractivity contribution in [3.8, 4) is 5.69 Å². The van der Waals surface area contributed by atoms with Gasteiger partial charge in [-0.25, -0.2) is 4.68 Å². The van der Waals surface area contributed by atoms with Gasteiger partial charge in [-0.1, -0.05) is 42.8 Å². The number of likely N-dealkylation sites (tertiary alicyclic amines) is 2. The highest BCUT2D eigenvalue weighted by Crippen LogP contribution is 2.26. The fourth-order valence-electron chi connectivity index (χ4n) is 5.99. The van der Waals surface area contributed by atoms with Gasteiger partial charge in [-0.15, -0.1) is 0 Å². The van der Waals surface area contributed by atoms with Gasteiger partial charge in [0.2, 0.25) is 5.91 Å². The Morgan fingerprint density at radius 1 is 0.850 bits per heavy atom. The summed E-state index contributed by atoms with van der Waals surface area (Å²) in [5.74, 6) is -0.0352. The molecule has 0 radical (unpaired) electrons. The van der Waals surface area contributed by atoms with Crippen molar-refractivity contribution in [2.24, 2.45) is 0 Å². The molecule has 0 bridgehead atoms. The van der Waals surface area contributed by atoms with Crippen LogP contribution >= 0.6 is 0 Å². The van der Waals surface area contributed by atoms with Crippen LogP contribution < -0.4 is 5.32 Å². The topological polar surface area (TPSA) is 83.4 Å². The van der Waals surface area contributed by atoms with Crippen LogP contribution in [0.1, 0.15) is 53.7 Å². The van der Waals surface area contributed by atoms with Crippen LogP contribution in [0, 0.1) is 0 Å². The molecular weight excluding hydrogens is 500 g/mol. The summed E-state index contributed by atoms with van der Waals surface area (Å²) in [7, 11) is 0. The average Bonchev–Trinajstić information content (AvgIpc) is 3.41. The summed E-state index contributed by atoms with van der Waals surface area (Å²) in [5, 5.41) is 8.64. The number of nitrogens with zero attached hydrogens (tertiary/aromatic N) is 5. The van der Waals surface area contributed by atoms with Crippen molar-refractivity contribution in [3.05, 3.63) is 89.9 Å². The molecule has 0 atom stereocenters. The number of aromatic nitrogens is 3. The zero-order valence-corrected chi connectivity index (χ0v) is 22.8. The van der Waals surface area contributed by atoms with Crippen molar-refractivity contribution in [2.75, 3.05) is 26.2 Å². The van der Waals surface area contributed by atoms with Crippen molar-refractivity contribution in [2.45, 2.75) is 51.1 Å². The lowest BCUT2D eigenvalue weighted by atomic mass is 9.99. The van der Waals surface area contributed by atoms with Gasteiger partial charge in [0.15, 0.2) is 5.69 Å². The zero-order chi connectivity index (χ0) is 27.3. The summed E-state index contributed by atoms with van der Waals surface area (Å²) >= 11 is 0. The molecule has 2 aliphatic heterocycles. The van der Waals surface area contributed by atoms with Gasteiger partial charge in [0.05, 0.1) is 17.6 Å². The molecule has 2 amide bonds. The van der Waals surface area contributed by atoms with Crippen molar-refractivity contribution >= 4 is 22.7 Å². The molecule has 40 heavy (non-hydrogen) atoms. The van der Waals surface area contributed by atoms with E-state index in [-0.39, 0.29) is 18.2 Å². The molecule has 1 N–H and O–H groups in total. The zero-order valence-electron chi connectivity index (χ0n) is 22.8. The molecule has 8 heteroatoms. The third kappa shape index (κ3) is 5.77. The Labute approximate surface area is 235 Å². The molecule has 0 saturated carbocycles. The molecule has 6 rings (SSSR count). The molecule has 2 aromatic carbocycles. The highest BCUT2D eigenvalue weighted by atomic mass is 16.2. The molecule has 0 aliphatic carbocycles. The van der Waals surface area contributed by atoms with Crippen molar-refractivity contribution in [1.29, 1.82) is 0 Å². The number of hydrogen-bond donors (Lipinski definition) is 1. The summed E-state index contributed by atoms with van der Waals surface area (Å²) in [6.45, 7) is 4.40. The van der Waals surface area contributed by atoms with E-state index in [0.29, 0.717) is 18.3 Å². The van der Waals surface area contributed by atoms with Crippen LogP contribution in [0.4, 0.5) is 0 Å². The van der Waals surface area contributed by atoms with Gasteiger partial charge < -0.3 is 15.1 Å². The summed E-state index contributed by atoms with van der Waals surface area (Å²) in [4.78, 5) is 34.8. The van der Waals surface area contributed by atoms with Crippen LogP contribution in [-0.2, 0) is 17.8 Å². The summed E-state index contributed by atoms with van der Waals surface area (Å²) < 4.78 is 1.84. The summed E-state index contributed by atoms with van der Waals surface area (Å²) in [6.07, 6.45) is 9.74. The molecule has 0 unspecified atom stereocenters. The third-order valence-corrected chi connectivity index (χ3v) is 8.21. The Balaban J connectivity index is 1.13. The second-order valence-electron chi connectivity index (χ2n) is 10.9. The molecule has 8 nitrogen and oxygen atoms in total. The number of piperidine rings is 2. The van der Waals surface area contributed by atoms with Gasteiger partial charge >= 0.3 is 0 Å². The monoisotopic (exact) mass is 536 g/mol. The van der Waals surface area contributed by atoms with E-state index in [1.54, 1.807) is 12.4 Å². The molecule has 0 spiro atoms. The van der Waals surface area contributed by atoms with Crippen LogP contribution in [0.3, 0.4) is 0 Å². The Hall–Kier alpha value is -4.04. The minimum Gasteiger partial charge on any atom is -0.352 e. The molecule has 2 fully saturated rings. The number of amides is 2. The largest absolute Gasteiger partial charge is 0.352 e. The number of pyridine rings is 1. The quantitative estimate of drug-likeness (QED) is 0.379. The predicted octanol–water partition coefficient (Wildman–Crippen LogP) is 4.37. The maximum absolute atomic E-state index is 13.7. The van der Waals surface area contributed by atoms with Crippen molar-refractivity contribution < 1.29 is 9.59 Å². The van der Waals surface area contributed by atoms with Gasteiger partial charge in [0.25, 0.3) is 5.91 Å². The lowest BCUT2D eigenvalue weighted by molar-refractivity contribution is -0.120. The molecule has 2 aromatic heterocycles. The normalized spacial score (nSPS) is 16.8. The van der Waals surface area contributed by atoms with Gasteiger partial charge in [-0.05, 0) is 74.2 Å². The lowest BCUT2D eigenvalue weighted by Gasteiger charge is -2.40. The van der Waals surface area contributed by atoms with Crippen LogP contribution in [0.25, 0.3) is 16.6 Å². The molecule has 206 valence electrons. The van der Waals surface area contributed by atoms with E-state index in [2.05, 4.69) is 15.2 Å². The number of para-hydroxylation sites is 1. The first-order chi connectivity index (χ1) is 19.7. The van der Waals surface area contributed by atoms with E-state index in [9.17, 15) is 9.59 Å². The van der Waals surface area contributed by atoms with Crippen LogP contribution in [-0.4, -0.2) is 68.6 Å². The number of fused-ring (bicyclic) bond motifs is 1. The maximum Gasteiger partial charge on any atom is 0.275 e. The minimum absolute atomic E-state index is 0.00829. The van der Waals surface area contributed by atoms with Crippen molar-refractivity contribution in [3.63, 3.8) is 0 Å². The Morgan fingerprint density at radius 3 is 2.38 bits per heavy atom. The Kier molecular flexibility index (Phi) is 7.86. The number of benzene rings is 2. The van der Waals surface area contributed by atoms with E-state index >= 15 is 0 Å². The minimum atomic E-state index is -0.0434. The molecule has 2 saturated heterocycles.